The van der Waals surface area contributed by atoms with Gasteiger partial charge in [0, 0.05) is 49.2 Å². The smallest absolute Gasteiger partial charge is 0.252 e. The number of H-pyrrole nitrogens is 1. The number of nitrogens with one attached hydrogen (secondary N) is 2. The maximum atomic E-state index is 12.0. The van der Waals surface area contributed by atoms with Crippen LogP contribution in [0.4, 0.5) is 11.5 Å². The maximum Gasteiger partial charge on any atom is 0.252 e. The monoisotopic (exact) mass is 404 g/mol. The molecule has 2 bridgehead atoms. The van der Waals surface area contributed by atoms with E-state index in [0.717, 1.165) is 53.9 Å². The Morgan fingerprint density at radius 3 is 2.70 bits per heavy atom. The fourth-order valence-electron chi connectivity index (χ4n) is 4.89. The van der Waals surface area contributed by atoms with Gasteiger partial charge in [0.25, 0.3) is 5.91 Å². The highest BCUT2D eigenvalue weighted by Gasteiger charge is 2.41. The van der Waals surface area contributed by atoms with Crippen molar-refractivity contribution < 1.29 is 4.79 Å². The summed E-state index contributed by atoms with van der Waals surface area (Å²) in [5, 5.41) is 4.51. The van der Waals surface area contributed by atoms with Crippen molar-refractivity contribution in [3.63, 3.8) is 0 Å². The summed E-state index contributed by atoms with van der Waals surface area (Å²) in [4.78, 5) is 34.9. The number of hydrogen-bond donors (Lipinski definition) is 3. The molecule has 0 aromatic carbocycles. The van der Waals surface area contributed by atoms with E-state index in [-0.39, 0.29) is 6.04 Å². The highest BCUT2D eigenvalue weighted by molar-refractivity contribution is 6.06. The lowest BCUT2D eigenvalue weighted by Crippen LogP contribution is -2.47. The minimum atomic E-state index is -0.473. The molecule has 154 valence electrons. The summed E-state index contributed by atoms with van der Waals surface area (Å²) in [7, 11) is 1.72. The third kappa shape index (κ3) is 3.16. The summed E-state index contributed by atoms with van der Waals surface area (Å²) >= 11 is 0. The quantitative estimate of drug-likeness (QED) is 0.559. The molecule has 4 N–H and O–H groups in total. The Bertz CT molecular complexity index is 1090. The number of primary amides is 1. The van der Waals surface area contributed by atoms with Crippen molar-refractivity contribution >= 4 is 34.7 Å². The summed E-state index contributed by atoms with van der Waals surface area (Å²) < 4.78 is 0. The summed E-state index contributed by atoms with van der Waals surface area (Å²) in [6.45, 7) is 0. The highest BCUT2D eigenvalue weighted by atomic mass is 16.1. The van der Waals surface area contributed by atoms with Crippen molar-refractivity contribution in [1.82, 2.24) is 19.9 Å². The van der Waals surface area contributed by atoms with Gasteiger partial charge in [0.15, 0.2) is 0 Å². The Balaban J connectivity index is 1.38. The number of rotatable bonds is 5. The zero-order valence-electron chi connectivity index (χ0n) is 16.7. The second-order valence-electron chi connectivity index (χ2n) is 7.94. The van der Waals surface area contributed by atoms with Crippen LogP contribution in [0.15, 0.2) is 35.8 Å². The van der Waals surface area contributed by atoms with Gasteiger partial charge in [0.2, 0.25) is 0 Å². The molecule has 0 spiro atoms. The van der Waals surface area contributed by atoms with Gasteiger partial charge in [-0.3, -0.25) is 9.79 Å². The molecule has 2 fully saturated rings. The molecule has 5 rings (SSSR count). The molecule has 3 aromatic rings. The molecule has 2 aliphatic heterocycles. The number of amides is 1. The zero-order chi connectivity index (χ0) is 20.7. The Labute approximate surface area is 173 Å². The molecule has 9 nitrogen and oxygen atoms in total. The van der Waals surface area contributed by atoms with Crippen LogP contribution >= 0.6 is 0 Å². The Hall–Kier alpha value is -3.49. The zero-order valence-corrected chi connectivity index (χ0v) is 16.7. The number of nitrogens with two attached hydrogens (primary N) is 1. The summed E-state index contributed by atoms with van der Waals surface area (Å²) in [6, 6.07) is 2.96. The average Bonchev–Trinajstić information content (AvgIpc) is 3.32. The van der Waals surface area contributed by atoms with E-state index in [2.05, 4.69) is 35.1 Å². The molecule has 0 aliphatic carbocycles. The molecule has 3 atom stereocenters. The number of anilines is 2. The molecule has 2 saturated heterocycles. The molecule has 30 heavy (non-hydrogen) atoms. The van der Waals surface area contributed by atoms with E-state index in [1.54, 1.807) is 25.7 Å². The number of piperidine rings is 1. The first kappa shape index (κ1) is 18.5. The fraction of sp³-hybridized carbons (Fsp3) is 0.381. The molecule has 2 aliphatic rings. The lowest BCUT2D eigenvalue weighted by atomic mass is 9.96. The van der Waals surface area contributed by atoms with Crippen LogP contribution in [0.2, 0.25) is 0 Å². The highest BCUT2D eigenvalue weighted by Crippen LogP contribution is 2.40. The first-order valence-corrected chi connectivity index (χ1v) is 10.2. The van der Waals surface area contributed by atoms with Crippen molar-refractivity contribution in [1.29, 1.82) is 0 Å². The van der Waals surface area contributed by atoms with Gasteiger partial charge >= 0.3 is 0 Å². The molecular weight excluding hydrogens is 380 g/mol. The van der Waals surface area contributed by atoms with E-state index in [9.17, 15) is 4.79 Å². The first-order valence-electron chi connectivity index (χ1n) is 10.2. The summed E-state index contributed by atoms with van der Waals surface area (Å²) in [5.74, 6) is 0.448. The number of pyridine rings is 1. The van der Waals surface area contributed by atoms with Gasteiger partial charge in [-0.25, -0.2) is 15.0 Å². The normalized spacial score (nSPS) is 23.4. The van der Waals surface area contributed by atoms with Crippen molar-refractivity contribution in [2.45, 2.75) is 43.8 Å². The minimum Gasteiger partial charge on any atom is -0.381 e. The maximum absolute atomic E-state index is 12.0. The molecule has 0 radical (unpaired) electrons. The van der Waals surface area contributed by atoms with Crippen LogP contribution in [0.5, 0.6) is 0 Å². The van der Waals surface area contributed by atoms with E-state index in [1.165, 1.54) is 0 Å². The van der Waals surface area contributed by atoms with Gasteiger partial charge in [-0.15, -0.1) is 0 Å². The summed E-state index contributed by atoms with van der Waals surface area (Å²) in [5.41, 5.74) is 8.32. The second kappa shape index (κ2) is 7.40. The van der Waals surface area contributed by atoms with Crippen LogP contribution in [-0.2, 0) is 0 Å². The predicted octanol–water partition coefficient (Wildman–Crippen LogP) is 2.11. The number of carbonyl (C=O) groups is 1. The van der Waals surface area contributed by atoms with Gasteiger partial charge in [0.05, 0.1) is 29.3 Å². The fourth-order valence-corrected chi connectivity index (χ4v) is 4.89. The number of fused-ring (bicyclic) bond motifs is 3. The van der Waals surface area contributed by atoms with E-state index < -0.39 is 5.91 Å². The molecule has 9 heteroatoms. The van der Waals surface area contributed by atoms with Crippen LogP contribution in [-0.4, -0.2) is 57.2 Å². The Morgan fingerprint density at radius 2 is 2.03 bits per heavy atom. The number of nitrogens with zero attached hydrogens (tertiary/aromatic N) is 5. The van der Waals surface area contributed by atoms with Crippen LogP contribution in [0.1, 0.15) is 41.7 Å². The standard InChI is InChI=1S/C21H24N8O/c1-23-8-13-9-26-18(11-25-13)29-14-2-3-15(29)7-12(6-14)28-19-16-4-5-24-21(16)27-10-17(19)20(22)30/h4-5,8-12,14-15H,2-3,6-7H2,1H3,(H2,22,30)(H2,24,27,28)/t12?,14-,15+. The molecule has 1 unspecified atom stereocenters. The Morgan fingerprint density at radius 1 is 1.23 bits per heavy atom. The lowest BCUT2D eigenvalue weighted by molar-refractivity contribution is 0.100. The third-order valence-corrected chi connectivity index (χ3v) is 6.12. The SMILES string of the molecule is CN=Cc1cnc(N2[C@@H]3CC[C@H]2CC(Nc2c(C(N)=O)cnc4[nH]ccc24)C3)cn1. The number of aromatic amines is 1. The number of aromatic nitrogens is 4. The molecular formula is C21H24N8O. The number of carbonyl (C=O) groups excluding carboxylic acids is 1. The van der Waals surface area contributed by atoms with Crippen LogP contribution < -0.4 is 16.0 Å². The molecule has 3 aromatic heterocycles. The van der Waals surface area contributed by atoms with Gasteiger partial charge < -0.3 is 20.9 Å². The molecule has 0 saturated carbocycles. The number of aliphatic imine (C=N–C) groups is 1. The Kier molecular flexibility index (Phi) is 4.57. The topological polar surface area (TPSA) is 125 Å². The van der Waals surface area contributed by atoms with Crippen molar-refractivity contribution in [2.75, 3.05) is 17.3 Å². The van der Waals surface area contributed by atoms with E-state index in [1.807, 2.05) is 18.5 Å². The second-order valence-corrected chi connectivity index (χ2v) is 7.94. The minimum absolute atomic E-state index is 0.247. The van der Waals surface area contributed by atoms with Crippen LogP contribution in [0, 0.1) is 0 Å². The van der Waals surface area contributed by atoms with Crippen LogP contribution in [0.3, 0.4) is 0 Å². The van der Waals surface area contributed by atoms with E-state index in [4.69, 9.17) is 5.73 Å². The van der Waals surface area contributed by atoms with Gasteiger partial charge in [-0.05, 0) is 31.7 Å². The first-order chi connectivity index (χ1) is 14.6. The summed E-state index contributed by atoms with van der Waals surface area (Å²) in [6.07, 6.45) is 12.9. The van der Waals surface area contributed by atoms with Gasteiger partial charge in [0.1, 0.15) is 11.5 Å². The van der Waals surface area contributed by atoms with E-state index in [0.29, 0.717) is 17.6 Å². The van der Waals surface area contributed by atoms with Crippen LogP contribution in [0.25, 0.3) is 11.0 Å². The van der Waals surface area contributed by atoms with Crippen molar-refractivity contribution in [2.24, 2.45) is 10.7 Å². The third-order valence-electron chi connectivity index (χ3n) is 6.12. The van der Waals surface area contributed by atoms with Crippen molar-refractivity contribution in [3.8, 4) is 0 Å². The number of hydrogen-bond acceptors (Lipinski definition) is 7. The molecule has 5 heterocycles. The van der Waals surface area contributed by atoms with E-state index >= 15 is 0 Å². The predicted molar refractivity (Wildman–Crippen MR) is 116 cm³/mol. The lowest BCUT2D eigenvalue weighted by Gasteiger charge is -2.40. The van der Waals surface area contributed by atoms with Gasteiger partial charge in [-0.2, -0.15) is 0 Å². The average molecular weight is 404 g/mol. The largest absolute Gasteiger partial charge is 0.381 e. The molecule has 1 amide bonds. The van der Waals surface area contributed by atoms with Crippen molar-refractivity contribution in [3.05, 3.63) is 42.1 Å². The van der Waals surface area contributed by atoms with Gasteiger partial charge in [-0.1, -0.05) is 0 Å².